The second kappa shape index (κ2) is 7.98. The standard InChI is InChI=1S/C19H24N4O2S/c24-16-10-19(25)26-17(16)9-14-3-6-21-18(22-14)8-13-2-1-7-23(11-13)12-15-4-5-20-15/h3,6,9,13,15,20H,1-2,4-5,7-8,10-12H2/b17-9-/t13-,15?/m1/s1. The molecule has 3 aliphatic rings. The maximum absolute atomic E-state index is 11.8. The van der Waals surface area contributed by atoms with Crippen LogP contribution in [-0.2, 0) is 16.0 Å². The summed E-state index contributed by atoms with van der Waals surface area (Å²) in [6, 6.07) is 2.46. The number of Topliss-reactive ketones (excluding diaryl/α,β-unsaturated/α-hetero) is 1. The summed E-state index contributed by atoms with van der Waals surface area (Å²) in [5.41, 5.74) is 0.715. The first-order chi connectivity index (χ1) is 12.7. The Kier molecular flexibility index (Phi) is 5.47. The first-order valence-electron chi connectivity index (χ1n) is 9.39. The van der Waals surface area contributed by atoms with E-state index in [4.69, 9.17) is 0 Å². The average molecular weight is 372 g/mol. The Labute approximate surface area is 157 Å². The number of nitrogens with zero attached hydrogens (tertiary/aromatic N) is 3. The van der Waals surface area contributed by atoms with Crippen LogP contribution in [0, 0.1) is 5.92 Å². The molecular weight excluding hydrogens is 348 g/mol. The minimum absolute atomic E-state index is 0.00218. The van der Waals surface area contributed by atoms with Gasteiger partial charge in [-0.1, -0.05) is 0 Å². The van der Waals surface area contributed by atoms with Gasteiger partial charge in [0.15, 0.2) is 5.78 Å². The third-order valence-corrected chi connectivity index (χ3v) is 6.23. The van der Waals surface area contributed by atoms with Gasteiger partial charge in [-0.2, -0.15) is 0 Å². The molecule has 0 aromatic carbocycles. The molecule has 0 bridgehead atoms. The molecule has 0 saturated carbocycles. The van der Waals surface area contributed by atoms with Gasteiger partial charge in [0.25, 0.3) is 0 Å². The first kappa shape index (κ1) is 17.8. The first-order valence-corrected chi connectivity index (χ1v) is 10.2. The number of ketones is 1. The van der Waals surface area contributed by atoms with Crippen LogP contribution in [0.1, 0.15) is 37.2 Å². The van der Waals surface area contributed by atoms with Gasteiger partial charge in [0, 0.05) is 31.7 Å². The number of rotatable bonds is 5. The zero-order valence-electron chi connectivity index (χ0n) is 14.8. The summed E-state index contributed by atoms with van der Waals surface area (Å²) in [5, 5.41) is 3.40. The molecule has 0 radical (unpaired) electrons. The Hall–Kier alpha value is -1.57. The number of hydrogen-bond acceptors (Lipinski definition) is 7. The third kappa shape index (κ3) is 4.39. The molecule has 6 nitrogen and oxygen atoms in total. The highest BCUT2D eigenvalue weighted by Gasteiger charge is 2.27. The monoisotopic (exact) mass is 372 g/mol. The highest BCUT2D eigenvalue weighted by atomic mass is 32.2. The Balaban J connectivity index is 1.38. The van der Waals surface area contributed by atoms with Crippen molar-refractivity contribution >= 4 is 28.7 Å². The molecule has 0 spiro atoms. The maximum Gasteiger partial charge on any atom is 0.201 e. The van der Waals surface area contributed by atoms with Gasteiger partial charge in [-0.25, -0.2) is 9.97 Å². The number of nitrogens with one attached hydrogen (secondary N) is 1. The van der Waals surface area contributed by atoms with E-state index in [1.807, 2.05) is 0 Å². The number of carbonyl (C=O) groups excluding carboxylic acids is 2. The summed E-state index contributed by atoms with van der Waals surface area (Å²) < 4.78 is 0. The van der Waals surface area contributed by atoms with Crippen molar-refractivity contribution in [2.75, 3.05) is 26.2 Å². The highest BCUT2D eigenvalue weighted by Crippen LogP contribution is 2.30. The van der Waals surface area contributed by atoms with Crippen LogP contribution in [0.15, 0.2) is 17.2 Å². The van der Waals surface area contributed by atoms with Gasteiger partial charge in [-0.05, 0) is 62.2 Å². The van der Waals surface area contributed by atoms with Crippen molar-refractivity contribution in [2.45, 2.75) is 38.1 Å². The predicted molar refractivity (Wildman–Crippen MR) is 102 cm³/mol. The quantitative estimate of drug-likeness (QED) is 0.622. The summed E-state index contributed by atoms with van der Waals surface area (Å²) in [6.45, 7) is 4.60. The van der Waals surface area contributed by atoms with Crippen LogP contribution < -0.4 is 5.32 Å². The van der Waals surface area contributed by atoms with Crippen LogP contribution in [-0.4, -0.2) is 58.0 Å². The molecule has 1 N–H and O–H groups in total. The second-order valence-electron chi connectivity index (χ2n) is 7.39. The minimum Gasteiger partial charge on any atom is -0.313 e. The molecule has 0 aliphatic carbocycles. The fourth-order valence-electron chi connectivity index (χ4n) is 3.83. The number of likely N-dealkylation sites (tertiary alicyclic amines) is 1. The molecule has 0 amide bonds. The molecule has 3 fully saturated rings. The van der Waals surface area contributed by atoms with E-state index in [2.05, 4.69) is 20.2 Å². The SMILES string of the molecule is O=C1CC(=O)/C(=C/c2ccnc(C[C@H]3CCCN(CC4CCN4)C3)n2)S1. The number of thioether (sulfide) groups is 1. The lowest BCUT2D eigenvalue weighted by Crippen LogP contribution is -2.52. The van der Waals surface area contributed by atoms with Crippen LogP contribution in [0.3, 0.4) is 0 Å². The summed E-state index contributed by atoms with van der Waals surface area (Å²) in [5.74, 6) is 1.30. The molecule has 2 atom stereocenters. The van der Waals surface area contributed by atoms with Crippen molar-refractivity contribution in [3.05, 3.63) is 28.7 Å². The van der Waals surface area contributed by atoms with Crippen molar-refractivity contribution < 1.29 is 9.59 Å². The Morgan fingerprint density at radius 2 is 2.23 bits per heavy atom. The van der Waals surface area contributed by atoms with E-state index in [9.17, 15) is 9.59 Å². The molecule has 138 valence electrons. The van der Waals surface area contributed by atoms with Crippen molar-refractivity contribution in [3.8, 4) is 0 Å². The van der Waals surface area contributed by atoms with Gasteiger partial charge in [-0.15, -0.1) is 0 Å². The van der Waals surface area contributed by atoms with Crippen LogP contribution in [0.25, 0.3) is 6.08 Å². The van der Waals surface area contributed by atoms with Gasteiger partial charge in [0.2, 0.25) is 5.12 Å². The summed E-state index contributed by atoms with van der Waals surface area (Å²) in [6.07, 6.45) is 8.08. The number of hydrogen-bond donors (Lipinski definition) is 1. The molecule has 3 saturated heterocycles. The number of aromatic nitrogens is 2. The van der Waals surface area contributed by atoms with Crippen LogP contribution in [0.4, 0.5) is 0 Å². The van der Waals surface area contributed by atoms with E-state index >= 15 is 0 Å². The van der Waals surface area contributed by atoms with Crippen LogP contribution in [0.2, 0.25) is 0 Å². The van der Waals surface area contributed by atoms with E-state index in [1.165, 1.54) is 25.8 Å². The fraction of sp³-hybridized carbons (Fsp3) is 0.579. The highest BCUT2D eigenvalue weighted by molar-refractivity contribution is 8.18. The molecule has 26 heavy (non-hydrogen) atoms. The van der Waals surface area contributed by atoms with E-state index in [1.54, 1.807) is 18.3 Å². The van der Waals surface area contributed by atoms with E-state index in [0.29, 0.717) is 22.6 Å². The Morgan fingerprint density at radius 1 is 1.35 bits per heavy atom. The van der Waals surface area contributed by atoms with Gasteiger partial charge < -0.3 is 10.2 Å². The topological polar surface area (TPSA) is 75.2 Å². The van der Waals surface area contributed by atoms with Gasteiger partial charge in [0.05, 0.1) is 17.0 Å². The molecular formula is C19H24N4O2S. The van der Waals surface area contributed by atoms with E-state index < -0.39 is 0 Å². The normalized spacial score (nSPS) is 28.5. The smallest absolute Gasteiger partial charge is 0.201 e. The molecule has 1 aromatic heterocycles. The molecule has 3 aliphatic heterocycles. The minimum atomic E-state index is -0.104. The van der Waals surface area contributed by atoms with Crippen molar-refractivity contribution in [3.63, 3.8) is 0 Å². The van der Waals surface area contributed by atoms with Crippen molar-refractivity contribution in [1.29, 1.82) is 0 Å². The largest absolute Gasteiger partial charge is 0.313 e. The van der Waals surface area contributed by atoms with Crippen molar-refractivity contribution in [2.24, 2.45) is 5.92 Å². The number of allylic oxidation sites excluding steroid dienone is 1. The maximum atomic E-state index is 11.8. The van der Waals surface area contributed by atoms with Crippen molar-refractivity contribution in [1.82, 2.24) is 20.2 Å². The molecule has 4 heterocycles. The lowest BCUT2D eigenvalue weighted by atomic mass is 9.93. The van der Waals surface area contributed by atoms with Gasteiger partial charge >= 0.3 is 0 Å². The lowest BCUT2D eigenvalue weighted by Gasteiger charge is -2.38. The van der Waals surface area contributed by atoms with E-state index in [-0.39, 0.29) is 17.3 Å². The molecule has 7 heteroatoms. The number of carbonyl (C=O) groups is 2. The summed E-state index contributed by atoms with van der Waals surface area (Å²) >= 11 is 1.02. The molecule has 1 aromatic rings. The predicted octanol–water partition coefficient (Wildman–Crippen LogP) is 1.67. The van der Waals surface area contributed by atoms with E-state index in [0.717, 1.165) is 43.6 Å². The fourth-order valence-corrected chi connectivity index (χ4v) is 4.64. The van der Waals surface area contributed by atoms with Gasteiger partial charge in [0.1, 0.15) is 5.82 Å². The Bertz CT molecular complexity index is 732. The second-order valence-corrected chi connectivity index (χ2v) is 8.49. The third-order valence-electron chi connectivity index (χ3n) is 5.29. The van der Waals surface area contributed by atoms with Crippen LogP contribution in [0.5, 0.6) is 0 Å². The average Bonchev–Trinajstić information content (AvgIpc) is 2.89. The number of piperidine rings is 1. The van der Waals surface area contributed by atoms with Gasteiger partial charge in [-0.3, -0.25) is 9.59 Å². The zero-order chi connectivity index (χ0) is 17.9. The lowest BCUT2D eigenvalue weighted by molar-refractivity contribution is -0.119. The Morgan fingerprint density at radius 3 is 2.96 bits per heavy atom. The summed E-state index contributed by atoms with van der Waals surface area (Å²) in [4.78, 5) is 35.3. The van der Waals surface area contributed by atoms with Crippen LogP contribution >= 0.6 is 11.8 Å². The summed E-state index contributed by atoms with van der Waals surface area (Å²) in [7, 11) is 0. The molecule has 1 unspecified atom stereocenters. The molecule has 4 rings (SSSR count). The zero-order valence-corrected chi connectivity index (χ0v) is 15.6.